The van der Waals surface area contributed by atoms with Crippen molar-refractivity contribution in [3.05, 3.63) is 59.4 Å². The molecule has 11 heteroatoms. The Morgan fingerprint density at radius 2 is 1.87 bits per heavy atom. The first-order chi connectivity index (χ1) is 14.5. The van der Waals surface area contributed by atoms with Crippen molar-refractivity contribution in [3.8, 4) is 11.1 Å². The Balaban J connectivity index is 2.01. The number of sulfonamides is 1. The number of nitrogens with one attached hydrogen (secondary N) is 2. The molecule has 1 fully saturated rings. The van der Waals surface area contributed by atoms with Crippen molar-refractivity contribution in [2.24, 2.45) is 0 Å². The zero-order valence-electron chi connectivity index (χ0n) is 16.7. The number of carbonyl (C=O) groups is 1. The maximum atomic E-state index is 15.3. The third-order valence-corrected chi connectivity index (χ3v) is 5.83. The number of rotatable bonds is 5. The van der Waals surface area contributed by atoms with Crippen LogP contribution < -0.4 is 10.0 Å². The Morgan fingerprint density at radius 3 is 2.52 bits per heavy atom. The zero-order chi connectivity index (χ0) is 22.9. The summed E-state index contributed by atoms with van der Waals surface area (Å²) in [7, 11) is -2.50. The number of amides is 2. The Kier molecular flexibility index (Phi) is 6.56. The maximum absolute atomic E-state index is 15.3. The molecule has 1 aliphatic heterocycles. The molecule has 1 saturated heterocycles. The van der Waals surface area contributed by atoms with Crippen molar-refractivity contribution in [2.75, 3.05) is 19.8 Å². The second kappa shape index (κ2) is 8.83. The molecule has 0 aliphatic carbocycles. The SMILES string of the molecule is CNC(=O)N1C[C@H](F)[C@H](NS(C)(=O)=O)[C@@H]1Cc1cccc(-c2cc(F)ccc2F)c1F. The molecule has 2 amide bonds. The van der Waals surface area contributed by atoms with E-state index in [0.29, 0.717) is 0 Å². The molecule has 6 nitrogen and oxygen atoms in total. The largest absolute Gasteiger partial charge is 0.341 e. The summed E-state index contributed by atoms with van der Waals surface area (Å²) in [4.78, 5) is 13.3. The van der Waals surface area contributed by atoms with Gasteiger partial charge in [0.15, 0.2) is 0 Å². The van der Waals surface area contributed by atoms with Crippen LogP contribution >= 0.6 is 0 Å². The van der Waals surface area contributed by atoms with Gasteiger partial charge in [-0.2, -0.15) is 0 Å². The van der Waals surface area contributed by atoms with Gasteiger partial charge >= 0.3 is 6.03 Å². The summed E-state index contributed by atoms with van der Waals surface area (Å²) >= 11 is 0. The molecule has 2 N–H and O–H groups in total. The standard InChI is InChI=1S/C20H21F4N3O3S/c1-25-20(28)27-10-16(23)19(26-31(2,29)30)17(27)8-11-4-3-5-13(18(11)24)14-9-12(21)6-7-15(14)22/h3-7,9,16-17,19,26H,8,10H2,1-2H3,(H,25,28)/t16-,17-,19-/m0/s1. The van der Waals surface area contributed by atoms with Crippen LogP contribution in [-0.4, -0.2) is 57.5 Å². The fourth-order valence-corrected chi connectivity index (χ4v) is 4.56. The van der Waals surface area contributed by atoms with E-state index in [-0.39, 0.29) is 23.1 Å². The van der Waals surface area contributed by atoms with E-state index in [1.165, 1.54) is 25.2 Å². The van der Waals surface area contributed by atoms with E-state index < -0.39 is 58.3 Å². The highest BCUT2D eigenvalue weighted by Crippen LogP contribution is 2.31. The first-order valence-electron chi connectivity index (χ1n) is 9.34. The molecule has 3 rings (SSSR count). The van der Waals surface area contributed by atoms with Crippen molar-refractivity contribution < 1.29 is 30.8 Å². The lowest BCUT2D eigenvalue weighted by atomic mass is 9.95. The van der Waals surface area contributed by atoms with Crippen LogP contribution in [0.3, 0.4) is 0 Å². The molecule has 0 spiro atoms. The van der Waals surface area contributed by atoms with Crippen LogP contribution in [0.5, 0.6) is 0 Å². The van der Waals surface area contributed by atoms with E-state index in [2.05, 4.69) is 10.0 Å². The van der Waals surface area contributed by atoms with Gasteiger partial charge in [-0.3, -0.25) is 0 Å². The Bertz CT molecular complexity index is 1100. The lowest BCUT2D eigenvalue weighted by Gasteiger charge is -2.28. The van der Waals surface area contributed by atoms with Gasteiger partial charge in [0.2, 0.25) is 10.0 Å². The number of halogens is 4. The molecule has 0 radical (unpaired) electrons. The molecule has 1 heterocycles. The van der Waals surface area contributed by atoms with E-state index >= 15 is 4.39 Å². The number of alkyl halides is 1. The van der Waals surface area contributed by atoms with Crippen LogP contribution in [0, 0.1) is 17.5 Å². The van der Waals surface area contributed by atoms with E-state index in [9.17, 15) is 26.4 Å². The topological polar surface area (TPSA) is 78.5 Å². The van der Waals surface area contributed by atoms with Gasteiger partial charge in [-0.05, 0) is 30.2 Å². The van der Waals surface area contributed by atoms with Crippen molar-refractivity contribution in [1.29, 1.82) is 0 Å². The summed E-state index contributed by atoms with van der Waals surface area (Å²) in [6, 6.07) is 3.68. The normalized spacial score (nSPS) is 21.4. The van der Waals surface area contributed by atoms with Gasteiger partial charge < -0.3 is 10.2 Å². The molecule has 1 aliphatic rings. The van der Waals surface area contributed by atoms with Gasteiger partial charge in [-0.1, -0.05) is 18.2 Å². The quantitative estimate of drug-likeness (QED) is 0.675. The Labute approximate surface area is 177 Å². The summed E-state index contributed by atoms with van der Waals surface area (Å²) in [5.74, 6) is -2.45. The van der Waals surface area contributed by atoms with Crippen molar-refractivity contribution in [3.63, 3.8) is 0 Å². The van der Waals surface area contributed by atoms with Gasteiger partial charge in [0, 0.05) is 18.2 Å². The molecular weight excluding hydrogens is 438 g/mol. The monoisotopic (exact) mass is 459 g/mol. The highest BCUT2D eigenvalue weighted by atomic mass is 32.2. The minimum atomic E-state index is -3.83. The smallest absolute Gasteiger partial charge is 0.317 e. The Morgan fingerprint density at radius 1 is 1.16 bits per heavy atom. The second-order valence-electron chi connectivity index (χ2n) is 7.31. The van der Waals surface area contributed by atoms with Crippen LogP contribution in [0.1, 0.15) is 5.56 Å². The van der Waals surface area contributed by atoms with Gasteiger partial charge in [-0.15, -0.1) is 0 Å². The van der Waals surface area contributed by atoms with Crippen LogP contribution in [0.15, 0.2) is 36.4 Å². The van der Waals surface area contributed by atoms with Gasteiger partial charge in [-0.25, -0.2) is 35.5 Å². The summed E-state index contributed by atoms with van der Waals surface area (Å²) in [5.41, 5.74) is -0.499. The van der Waals surface area contributed by atoms with Crippen LogP contribution in [-0.2, 0) is 16.4 Å². The highest BCUT2D eigenvalue weighted by Gasteiger charge is 2.45. The molecule has 31 heavy (non-hydrogen) atoms. The number of carbonyl (C=O) groups excluding carboxylic acids is 1. The van der Waals surface area contributed by atoms with Crippen LogP contribution in [0.2, 0.25) is 0 Å². The first-order valence-corrected chi connectivity index (χ1v) is 11.2. The van der Waals surface area contributed by atoms with Gasteiger partial charge in [0.25, 0.3) is 0 Å². The highest BCUT2D eigenvalue weighted by molar-refractivity contribution is 7.88. The molecule has 2 aromatic carbocycles. The van der Waals surface area contributed by atoms with E-state index in [1.807, 2.05) is 0 Å². The number of hydrogen-bond donors (Lipinski definition) is 2. The number of urea groups is 1. The predicted molar refractivity (Wildman–Crippen MR) is 107 cm³/mol. The summed E-state index contributed by atoms with van der Waals surface area (Å²) in [5, 5.41) is 2.35. The summed E-state index contributed by atoms with van der Waals surface area (Å²) in [6.45, 7) is -0.392. The van der Waals surface area contributed by atoms with Gasteiger partial charge in [0.1, 0.15) is 23.6 Å². The van der Waals surface area contributed by atoms with E-state index in [1.54, 1.807) is 0 Å². The zero-order valence-corrected chi connectivity index (χ0v) is 17.5. The van der Waals surface area contributed by atoms with Crippen molar-refractivity contribution in [1.82, 2.24) is 14.9 Å². The lowest BCUT2D eigenvalue weighted by molar-refractivity contribution is 0.190. The van der Waals surface area contributed by atoms with Crippen LogP contribution in [0.4, 0.5) is 22.4 Å². The van der Waals surface area contributed by atoms with Crippen molar-refractivity contribution in [2.45, 2.75) is 24.7 Å². The maximum Gasteiger partial charge on any atom is 0.317 e. The molecule has 0 bridgehead atoms. The number of likely N-dealkylation sites (tertiary alicyclic amines) is 1. The van der Waals surface area contributed by atoms with Crippen molar-refractivity contribution >= 4 is 16.1 Å². The van der Waals surface area contributed by atoms with E-state index in [0.717, 1.165) is 29.4 Å². The first kappa shape index (κ1) is 23.0. The van der Waals surface area contributed by atoms with Crippen LogP contribution in [0.25, 0.3) is 11.1 Å². The molecule has 168 valence electrons. The average molecular weight is 459 g/mol. The molecule has 0 unspecified atom stereocenters. The molecule has 3 atom stereocenters. The number of nitrogens with zero attached hydrogens (tertiary/aromatic N) is 1. The average Bonchev–Trinajstić information content (AvgIpc) is 2.99. The summed E-state index contributed by atoms with van der Waals surface area (Å²) in [6.07, 6.45) is -1.12. The third-order valence-electron chi connectivity index (χ3n) is 5.13. The third kappa shape index (κ3) is 4.99. The second-order valence-corrected chi connectivity index (χ2v) is 9.09. The predicted octanol–water partition coefficient (Wildman–Crippen LogP) is 2.59. The molecular formula is C20H21F4N3O3S. The minimum Gasteiger partial charge on any atom is -0.341 e. The van der Waals surface area contributed by atoms with E-state index in [4.69, 9.17) is 0 Å². The number of hydrogen-bond acceptors (Lipinski definition) is 3. The summed E-state index contributed by atoms with van der Waals surface area (Å²) < 4.78 is 83.2. The lowest BCUT2D eigenvalue weighted by Crippen LogP contribution is -2.51. The molecule has 0 aromatic heterocycles. The molecule has 0 saturated carbocycles. The minimum absolute atomic E-state index is 0.00512. The molecule has 2 aromatic rings. The van der Waals surface area contributed by atoms with Gasteiger partial charge in [0.05, 0.1) is 24.9 Å². The number of benzene rings is 2. The fourth-order valence-electron chi connectivity index (χ4n) is 3.76. The fraction of sp³-hybridized carbons (Fsp3) is 0.350. The Hall–Kier alpha value is -2.66.